The van der Waals surface area contributed by atoms with Gasteiger partial charge in [0.2, 0.25) is 0 Å². The molecule has 0 saturated heterocycles. The highest BCUT2D eigenvalue weighted by Crippen LogP contribution is 2.37. The van der Waals surface area contributed by atoms with E-state index in [2.05, 4.69) is 10.6 Å². The first-order chi connectivity index (χ1) is 10.6. The zero-order chi connectivity index (χ0) is 16.0. The van der Waals surface area contributed by atoms with Crippen molar-refractivity contribution in [2.24, 2.45) is 5.41 Å². The number of hydrogen-bond donors (Lipinski definition) is 2. The summed E-state index contributed by atoms with van der Waals surface area (Å²) < 4.78 is 10.5. The summed E-state index contributed by atoms with van der Waals surface area (Å²) in [7, 11) is 3.35. The van der Waals surface area contributed by atoms with Crippen LogP contribution >= 0.6 is 0 Å². The van der Waals surface area contributed by atoms with Crippen molar-refractivity contribution in [3.8, 4) is 5.75 Å². The van der Waals surface area contributed by atoms with Gasteiger partial charge in [-0.05, 0) is 43.5 Å². The molecular weight excluding hydrogens is 280 g/mol. The van der Waals surface area contributed by atoms with E-state index in [9.17, 15) is 4.79 Å². The van der Waals surface area contributed by atoms with E-state index in [0.717, 1.165) is 29.8 Å². The molecule has 1 saturated carbocycles. The van der Waals surface area contributed by atoms with E-state index in [1.165, 1.54) is 12.8 Å². The first-order valence-corrected chi connectivity index (χ1v) is 7.77. The number of ether oxygens (including phenoxy) is 2. The van der Waals surface area contributed by atoms with Gasteiger partial charge < -0.3 is 20.1 Å². The van der Waals surface area contributed by atoms with Crippen LogP contribution in [0, 0.1) is 12.3 Å². The molecule has 1 aromatic carbocycles. The molecule has 1 aliphatic rings. The highest BCUT2D eigenvalue weighted by atomic mass is 16.5. The van der Waals surface area contributed by atoms with Crippen LogP contribution in [-0.4, -0.2) is 33.4 Å². The SMILES string of the molecule is COCC1(CNC(=O)Nc2ccc(OC)cc2C)CCCC1. The van der Waals surface area contributed by atoms with Crippen LogP contribution in [0.1, 0.15) is 31.2 Å². The van der Waals surface area contributed by atoms with Crippen molar-refractivity contribution in [2.45, 2.75) is 32.6 Å². The van der Waals surface area contributed by atoms with Gasteiger partial charge in [0.15, 0.2) is 0 Å². The normalized spacial score (nSPS) is 16.3. The lowest BCUT2D eigenvalue weighted by Gasteiger charge is -2.28. The predicted octanol–water partition coefficient (Wildman–Crippen LogP) is 3.33. The van der Waals surface area contributed by atoms with Crippen LogP contribution in [0.25, 0.3) is 0 Å². The van der Waals surface area contributed by atoms with E-state index in [-0.39, 0.29) is 11.4 Å². The van der Waals surface area contributed by atoms with Crippen LogP contribution in [0.5, 0.6) is 5.75 Å². The van der Waals surface area contributed by atoms with Crippen molar-refractivity contribution < 1.29 is 14.3 Å². The van der Waals surface area contributed by atoms with Crippen molar-refractivity contribution in [3.05, 3.63) is 23.8 Å². The number of benzene rings is 1. The van der Waals surface area contributed by atoms with Gasteiger partial charge in [-0.2, -0.15) is 0 Å². The molecule has 0 radical (unpaired) electrons. The maximum atomic E-state index is 12.1. The molecule has 1 aliphatic carbocycles. The number of anilines is 1. The smallest absolute Gasteiger partial charge is 0.319 e. The molecule has 0 heterocycles. The molecule has 122 valence electrons. The van der Waals surface area contributed by atoms with Gasteiger partial charge in [0.1, 0.15) is 5.75 Å². The number of carbonyl (C=O) groups excluding carboxylic acids is 1. The minimum atomic E-state index is -0.171. The van der Waals surface area contributed by atoms with Crippen LogP contribution in [-0.2, 0) is 4.74 Å². The maximum Gasteiger partial charge on any atom is 0.319 e. The Morgan fingerprint density at radius 2 is 2.00 bits per heavy atom. The molecule has 0 aromatic heterocycles. The first-order valence-electron chi connectivity index (χ1n) is 7.77. The molecule has 1 aromatic rings. The Labute approximate surface area is 132 Å². The second-order valence-corrected chi connectivity index (χ2v) is 6.13. The average molecular weight is 306 g/mol. The number of nitrogens with one attached hydrogen (secondary N) is 2. The van der Waals surface area contributed by atoms with Crippen LogP contribution in [0.3, 0.4) is 0 Å². The van der Waals surface area contributed by atoms with Crippen molar-refractivity contribution >= 4 is 11.7 Å². The third-order valence-corrected chi connectivity index (χ3v) is 4.42. The zero-order valence-electron chi connectivity index (χ0n) is 13.7. The third kappa shape index (κ3) is 4.13. The molecule has 0 atom stereocenters. The highest BCUT2D eigenvalue weighted by molar-refractivity contribution is 5.90. The Morgan fingerprint density at radius 1 is 1.27 bits per heavy atom. The lowest BCUT2D eigenvalue weighted by atomic mass is 9.87. The lowest BCUT2D eigenvalue weighted by molar-refractivity contribution is 0.0847. The van der Waals surface area contributed by atoms with Gasteiger partial charge in [-0.25, -0.2) is 4.79 Å². The van der Waals surface area contributed by atoms with Crippen molar-refractivity contribution in [3.63, 3.8) is 0 Å². The fourth-order valence-electron chi connectivity index (χ4n) is 3.14. The number of urea groups is 1. The van der Waals surface area contributed by atoms with E-state index in [4.69, 9.17) is 9.47 Å². The van der Waals surface area contributed by atoms with Gasteiger partial charge in [0.05, 0.1) is 13.7 Å². The largest absolute Gasteiger partial charge is 0.497 e. The quantitative estimate of drug-likeness (QED) is 0.847. The molecule has 1 fully saturated rings. The Morgan fingerprint density at radius 3 is 2.59 bits per heavy atom. The number of amides is 2. The van der Waals surface area contributed by atoms with E-state index < -0.39 is 0 Å². The number of methoxy groups -OCH3 is 2. The molecular formula is C17H26N2O3. The summed E-state index contributed by atoms with van der Waals surface area (Å²) in [6.07, 6.45) is 4.65. The summed E-state index contributed by atoms with van der Waals surface area (Å²) in [5, 5.41) is 5.89. The fourth-order valence-corrected chi connectivity index (χ4v) is 3.14. The molecule has 2 N–H and O–H groups in total. The minimum absolute atomic E-state index is 0.0983. The summed E-state index contributed by atoms with van der Waals surface area (Å²) >= 11 is 0. The van der Waals surface area contributed by atoms with Crippen molar-refractivity contribution in [1.29, 1.82) is 0 Å². The van der Waals surface area contributed by atoms with Crippen molar-refractivity contribution in [2.75, 3.05) is 32.7 Å². The molecule has 0 bridgehead atoms. The van der Waals surface area contributed by atoms with Gasteiger partial charge >= 0.3 is 6.03 Å². The Balaban J connectivity index is 1.90. The fraction of sp³-hybridized carbons (Fsp3) is 0.588. The monoisotopic (exact) mass is 306 g/mol. The van der Waals surface area contributed by atoms with Gasteiger partial charge in [-0.1, -0.05) is 12.8 Å². The van der Waals surface area contributed by atoms with E-state index in [1.807, 2.05) is 25.1 Å². The topological polar surface area (TPSA) is 59.6 Å². The lowest BCUT2D eigenvalue weighted by Crippen LogP contribution is -2.40. The molecule has 0 spiro atoms. The van der Waals surface area contributed by atoms with Gasteiger partial charge in [-0.3, -0.25) is 0 Å². The minimum Gasteiger partial charge on any atom is -0.497 e. The summed E-state index contributed by atoms with van der Waals surface area (Å²) in [4.78, 5) is 12.1. The van der Waals surface area contributed by atoms with Gasteiger partial charge in [-0.15, -0.1) is 0 Å². The van der Waals surface area contributed by atoms with Crippen LogP contribution in [0.2, 0.25) is 0 Å². The number of rotatable bonds is 6. The molecule has 22 heavy (non-hydrogen) atoms. The van der Waals surface area contributed by atoms with E-state index >= 15 is 0 Å². The number of aryl methyl sites for hydroxylation is 1. The molecule has 2 rings (SSSR count). The second kappa shape index (κ2) is 7.49. The highest BCUT2D eigenvalue weighted by Gasteiger charge is 2.34. The summed E-state index contributed by atoms with van der Waals surface area (Å²) in [5.41, 5.74) is 1.87. The zero-order valence-corrected chi connectivity index (χ0v) is 13.7. The van der Waals surface area contributed by atoms with Crippen LogP contribution in [0.4, 0.5) is 10.5 Å². The summed E-state index contributed by atoms with van der Waals surface area (Å²) in [5.74, 6) is 0.786. The molecule has 0 unspecified atom stereocenters. The summed E-state index contributed by atoms with van der Waals surface area (Å²) in [6.45, 7) is 3.30. The van der Waals surface area contributed by atoms with Gasteiger partial charge in [0.25, 0.3) is 0 Å². The van der Waals surface area contributed by atoms with Crippen LogP contribution < -0.4 is 15.4 Å². The Bertz CT molecular complexity index is 511. The predicted molar refractivity (Wildman–Crippen MR) is 87.5 cm³/mol. The van der Waals surface area contributed by atoms with Crippen LogP contribution in [0.15, 0.2) is 18.2 Å². The number of hydrogen-bond acceptors (Lipinski definition) is 3. The second-order valence-electron chi connectivity index (χ2n) is 6.13. The Hall–Kier alpha value is -1.75. The van der Waals surface area contributed by atoms with E-state index in [0.29, 0.717) is 13.2 Å². The molecule has 0 aliphatic heterocycles. The van der Waals surface area contributed by atoms with Gasteiger partial charge in [0, 0.05) is 24.8 Å². The first kappa shape index (κ1) is 16.6. The number of carbonyl (C=O) groups is 1. The molecule has 5 heteroatoms. The maximum absolute atomic E-state index is 12.1. The average Bonchev–Trinajstić information content (AvgIpc) is 2.97. The van der Waals surface area contributed by atoms with E-state index in [1.54, 1.807) is 14.2 Å². The Kier molecular flexibility index (Phi) is 5.66. The molecule has 2 amide bonds. The van der Waals surface area contributed by atoms with Crippen molar-refractivity contribution in [1.82, 2.24) is 5.32 Å². The third-order valence-electron chi connectivity index (χ3n) is 4.42. The molecule has 5 nitrogen and oxygen atoms in total. The standard InChI is InChI=1S/C17H26N2O3/c1-13-10-14(22-3)6-7-15(13)19-16(20)18-11-17(12-21-2)8-4-5-9-17/h6-7,10H,4-5,8-9,11-12H2,1-3H3,(H2,18,19,20). The summed E-state index contributed by atoms with van der Waals surface area (Å²) in [6, 6.07) is 5.43.